The molecule has 19 heavy (non-hydrogen) atoms. The Morgan fingerprint density at radius 1 is 1.26 bits per heavy atom. The van der Waals surface area contributed by atoms with Crippen molar-refractivity contribution < 1.29 is 4.79 Å². The number of hydrogen-bond donors (Lipinski definition) is 1. The van der Waals surface area contributed by atoms with Crippen LogP contribution in [-0.2, 0) is 6.54 Å². The number of aryl methyl sites for hydroxylation is 2. The van der Waals surface area contributed by atoms with Gasteiger partial charge in [-0.3, -0.25) is 4.79 Å². The van der Waals surface area contributed by atoms with E-state index < -0.39 is 0 Å². The predicted octanol–water partition coefficient (Wildman–Crippen LogP) is 3.11. The summed E-state index contributed by atoms with van der Waals surface area (Å²) in [4.78, 5) is 12.3. The van der Waals surface area contributed by atoms with E-state index in [2.05, 4.69) is 36.5 Å². The van der Waals surface area contributed by atoms with Crippen molar-refractivity contribution >= 4 is 11.5 Å². The maximum absolute atomic E-state index is 12.3. The molecule has 0 amide bonds. The molecule has 3 heteroatoms. The minimum atomic E-state index is 0.0868. The summed E-state index contributed by atoms with van der Waals surface area (Å²) in [6.07, 6.45) is 2.90. The lowest BCUT2D eigenvalue weighted by Gasteiger charge is -2.23. The maximum Gasteiger partial charge on any atom is 0.184 e. The molecule has 1 atom stereocenters. The summed E-state index contributed by atoms with van der Waals surface area (Å²) >= 11 is 0. The summed E-state index contributed by atoms with van der Waals surface area (Å²) < 4.78 is 2.05. The van der Waals surface area contributed by atoms with E-state index in [0.717, 1.165) is 24.3 Å². The Labute approximate surface area is 113 Å². The van der Waals surface area contributed by atoms with Crippen LogP contribution in [0.2, 0.25) is 0 Å². The summed E-state index contributed by atoms with van der Waals surface area (Å²) in [5.41, 5.74) is 3.18. The van der Waals surface area contributed by atoms with Gasteiger partial charge in [0.2, 0.25) is 0 Å². The Balaban J connectivity index is 1.65. The third-order valence-electron chi connectivity index (χ3n) is 3.78. The number of anilines is 1. The van der Waals surface area contributed by atoms with Gasteiger partial charge in [0, 0.05) is 30.9 Å². The molecule has 0 unspecified atom stereocenters. The highest BCUT2D eigenvalue weighted by molar-refractivity contribution is 5.97. The monoisotopic (exact) mass is 254 g/mol. The smallest absolute Gasteiger partial charge is 0.184 e. The van der Waals surface area contributed by atoms with Crippen molar-refractivity contribution in [2.75, 3.05) is 11.9 Å². The van der Waals surface area contributed by atoms with Gasteiger partial charge >= 0.3 is 0 Å². The van der Waals surface area contributed by atoms with Crippen LogP contribution in [0.25, 0.3) is 0 Å². The van der Waals surface area contributed by atoms with Crippen LogP contribution in [-0.4, -0.2) is 16.9 Å². The van der Waals surface area contributed by atoms with Crippen LogP contribution in [0, 0.1) is 12.8 Å². The van der Waals surface area contributed by atoms with Gasteiger partial charge in [-0.2, -0.15) is 0 Å². The molecule has 0 fully saturated rings. The average Bonchev–Trinajstić information content (AvgIpc) is 2.89. The van der Waals surface area contributed by atoms with Crippen LogP contribution >= 0.6 is 0 Å². The SMILES string of the molecule is Cc1ccc(NC[C@H]2CCn3cccc3C2=O)cc1. The molecular formula is C16H18N2O. The predicted molar refractivity (Wildman–Crippen MR) is 76.5 cm³/mol. The molecule has 3 nitrogen and oxygen atoms in total. The molecule has 3 rings (SSSR count). The molecule has 0 saturated carbocycles. The highest BCUT2D eigenvalue weighted by Crippen LogP contribution is 2.21. The number of fused-ring (bicyclic) bond motifs is 1. The molecule has 1 aromatic carbocycles. The molecule has 1 aromatic heterocycles. The van der Waals surface area contributed by atoms with Gasteiger partial charge in [-0.05, 0) is 37.6 Å². The van der Waals surface area contributed by atoms with E-state index in [9.17, 15) is 4.79 Å². The quantitative estimate of drug-likeness (QED) is 0.913. The summed E-state index contributed by atoms with van der Waals surface area (Å²) in [7, 11) is 0. The van der Waals surface area contributed by atoms with E-state index in [1.807, 2.05) is 22.9 Å². The van der Waals surface area contributed by atoms with E-state index in [1.54, 1.807) is 0 Å². The summed E-state index contributed by atoms with van der Waals surface area (Å²) in [6.45, 7) is 3.73. The topological polar surface area (TPSA) is 34.0 Å². The first-order chi connectivity index (χ1) is 9.24. The first-order valence-electron chi connectivity index (χ1n) is 6.74. The Bertz CT molecular complexity index is 583. The highest BCUT2D eigenvalue weighted by Gasteiger charge is 2.26. The molecule has 0 saturated heterocycles. The van der Waals surface area contributed by atoms with Gasteiger partial charge in [-0.25, -0.2) is 0 Å². The fourth-order valence-corrected chi connectivity index (χ4v) is 2.58. The van der Waals surface area contributed by atoms with Crippen molar-refractivity contribution in [3.05, 3.63) is 53.9 Å². The third-order valence-corrected chi connectivity index (χ3v) is 3.78. The van der Waals surface area contributed by atoms with Crippen molar-refractivity contribution in [3.63, 3.8) is 0 Å². The number of carbonyl (C=O) groups is 1. The van der Waals surface area contributed by atoms with Gasteiger partial charge in [0.1, 0.15) is 0 Å². The molecule has 1 aliphatic rings. The number of nitrogens with one attached hydrogen (secondary N) is 1. The fraction of sp³-hybridized carbons (Fsp3) is 0.312. The lowest BCUT2D eigenvalue weighted by atomic mass is 9.94. The molecule has 0 aliphatic carbocycles. The Morgan fingerprint density at radius 3 is 2.84 bits per heavy atom. The van der Waals surface area contributed by atoms with E-state index in [0.29, 0.717) is 6.54 Å². The zero-order valence-corrected chi connectivity index (χ0v) is 11.1. The highest BCUT2D eigenvalue weighted by atomic mass is 16.1. The van der Waals surface area contributed by atoms with Crippen LogP contribution in [0.15, 0.2) is 42.6 Å². The lowest BCUT2D eigenvalue weighted by Crippen LogP contribution is -2.30. The Morgan fingerprint density at radius 2 is 2.05 bits per heavy atom. The standard InChI is InChI=1S/C16H18N2O/c1-12-4-6-14(7-5-12)17-11-13-8-10-18-9-2-3-15(18)16(13)19/h2-7,9,13,17H,8,10-11H2,1H3/t13-/m1/s1. The lowest BCUT2D eigenvalue weighted by molar-refractivity contribution is 0.0887. The van der Waals surface area contributed by atoms with Crippen molar-refractivity contribution in [2.24, 2.45) is 5.92 Å². The number of nitrogens with zero attached hydrogens (tertiary/aromatic N) is 1. The summed E-state index contributed by atoms with van der Waals surface area (Å²) in [5.74, 6) is 0.347. The van der Waals surface area contributed by atoms with Gasteiger partial charge < -0.3 is 9.88 Å². The first-order valence-corrected chi connectivity index (χ1v) is 6.74. The average molecular weight is 254 g/mol. The molecule has 1 N–H and O–H groups in total. The second-order valence-electron chi connectivity index (χ2n) is 5.18. The second-order valence-corrected chi connectivity index (χ2v) is 5.18. The van der Waals surface area contributed by atoms with Crippen molar-refractivity contribution in [1.29, 1.82) is 0 Å². The van der Waals surface area contributed by atoms with Crippen LogP contribution in [0.4, 0.5) is 5.69 Å². The van der Waals surface area contributed by atoms with Crippen molar-refractivity contribution in [3.8, 4) is 0 Å². The molecule has 0 spiro atoms. The fourth-order valence-electron chi connectivity index (χ4n) is 2.58. The third kappa shape index (κ3) is 2.41. The van der Waals surface area contributed by atoms with E-state index in [-0.39, 0.29) is 11.7 Å². The van der Waals surface area contributed by atoms with Crippen LogP contribution in [0.5, 0.6) is 0 Å². The van der Waals surface area contributed by atoms with Crippen molar-refractivity contribution in [1.82, 2.24) is 4.57 Å². The van der Waals surface area contributed by atoms with Gasteiger partial charge in [0.25, 0.3) is 0 Å². The zero-order chi connectivity index (χ0) is 13.2. The van der Waals surface area contributed by atoms with Crippen molar-refractivity contribution in [2.45, 2.75) is 19.9 Å². The van der Waals surface area contributed by atoms with Gasteiger partial charge in [-0.15, -0.1) is 0 Å². The van der Waals surface area contributed by atoms with E-state index >= 15 is 0 Å². The van der Waals surface area contributed by atoms with E-state index in [4.69, 9.17) is 0 Å². The number of ketones is 1. The molecule has 2 aromatic rings. The Hall–Kier alpha value is -2.03. The molecule has 98 valence electrons. The zero-order valence-electron chi connectivity index (χ0n) is 11.1. The number of carbonyl (C=O) groups excluding carboxylic acids is 1. The van der Waals surface area contributed by atoms with Crippen LogP contribution < -0.4 is 5.32 Å². The van der Waals surface area contributed by atoms with Gasteiger partial charge in [-0.1, -0.05) is 17.7 Å². The van der Waals surface area contributed by atoms with Gasteiger partial charge in [0.15, 0.2) is 5.78 Å². The Kier molecular flexibility index (Phi) is 3.11. The number of aromatic nitrogens is 1. The number of Topliss-reactive ketones (excluding diaryl/α,β-unsaturated/α-hetero) is 1. The molecule has 0 bridgehead atoms. The summed E-state index contributed by atoms with van der Waals surface area (Å²) in [6, 6.07) is 12.1. The van der Waals surface area contributed by atoms with Gasteiger partial charge in [0.05, 0.1) is 5.69 Å². The van der Waals surface area contributed by atoms with Crippen LogP contribution in [0.3, 0.4) is 0 Å². The number of benzene rings is 1. The number of rotatable bonds is 3. The second kappa shape index (κ2) is 4.92. The number of hydrogen-bond acceptors (Lipinski definition) is 2. The largest absolute Gasteiger partial charge is 0.384 e. The summed E-state index contributed by atoms with van der Waals surface area (Å²) in [5, 5.41) is 3.36. The maximum atomic E-state index is 12.3. The van der Waals surface area contributed by atoms with E-state index in [1.165, 1.54) is 5.56 Å². The molecule has 1 aliphatic heterocycles. The molecule has 2 heterocycles. The molecule has 0 radical (unpaired) electrons. The van der Waals surface area contributed by atoms with Crippen LogP contribution in [0.1, 0.15) is 22.5 Å². The minimum Gasteiger partial charge on any atom is -0.384 e. The first kappa shape index (κ1) is 12.0. The normalized spacial score (nSPS) is 18.2. The minimum absolute atomic E-state index is 0.0868. The molecular weight excluding hydrogens is 236 g/mol.